The van der Waals surface area contributed by atoms with Crippen molar-refractivity contribution in [1.82, 2.24) is 5.32 Å². The molecule has 0 atom stereocenters. The minimum Gasteiger partial charge on any atom is -0.507 e. The molecule has 1 fully saturated rings. The summed E-state index contributed by atoms with van der Waals surface area (Å²) in [4.78, 5) is 12.1. The van der Waals surface area contributed by atoms with E-state index in [9.17, 15) is 9.90 Å². The zero-order valence-corrected chi connectivity index (χ0v) is 13.9. The van der Waals surface area contributed by atoms with Crippen LogP contribution in [0.15, 0.2) is 18.2 Å². The molecule has 0 saturated heterocycles. The highest BCUT2D eigenvalue weighted by Gasteiger charge is 2.33. The van der Waals surface area contributed by atoms with E-state index >= 15 is 0 Å². The number of phenolic OH excluding ortho intramolecular Hbond substituents is 1. The minimum absolute atomic E-state index is 0.105. The highest BCUT2D eigenvalue weighted by molar-refractivity contribution is 14.1. The maximum Gasteiger partial charge on any atom is 0.251 e. The molecular formula is C14H18INO2S. The first kappa shape index (κ1) is 15.0. The quantitative estimate of drug-likeness (QED) is 0.774. The maximum absolute atomic E-state index is 12.1. The van der Waals surface area contributed by atoms with E-state index in [1.54, 1.807) is 12.1 Å². The molecule has 3 nitrogen and oxygen atoms in total. The first-order valence-corrected chi connectivity index (χ1v) is 8.68. The summed E-state index contributed by atoms with van der Waals surface area (Å²) in [6, 6.07) is 5.03. The van der Waals surface area contributed by atoms with Crippen LogP contribution in [0.3, 0.4) is 0 Å². The lowest BCUT2D eigenvalue weighted by Crippen LogP contribution is -2.38. The van der Waals surface area contributed by atoms with E-state index in [2.05, 4.69) is 11.6 Å². The van der Waals surface area contributed by atoms with Crippen molar-refractivity contribution in [3.05, 3.63) is 27.3 Å². The number of benzene rings is 1. The number of carbonyl (C=O) groups is 1. The summed E-state index contributed by atoms with van der Waals surface area (Å²) < 4.78 is 0.964. The Bertz CT molecular complexity index is 473. The summed E-state index contributed by atoms with van der Waals surface area (Å²) in [6.45, 7) is 0.708. The Kier molecular flexibility index (Phi) is 5.00. The zero-order chi connectivity index (χ0) is 13.9. The van der Waals surface area contributed by atoms with Gasteiger partial charge in [0.2, 0.25) is 0 Å². The van der Waals surface area contributed by atoms with Gasteiger partial charge in [0.05, 0.1) is 3.57 Å². The van der Waals surface area contributed by atoms with Gasteiger partial charge in [-0.3, -0.25) is 4.79 Å². The SMILES string of the molecule is CSC1(CNC(=O)c2ccc(I)c(O)c2)CCCC1. The summed E-state index contributed by atoms with van der Waals surface area (Å²) in [7, 11) is 0. The number of hydrogen-bond donors (Lipinski definition) is 2. The van der Waals surface area contributed by atoms with Gasteiger partial charge in [-0.25, -0.2) is 0 Å². The van der Waals surface area contributed by atoms with Crippen LogP contribution in [-0.2, 0) is 0 Å². The number of nitrogens with one attached hydrogen (secondary N) is 1. The van der Waals surface area contributed by atoms with Crippen LogP contribution in [0.5, 0.6) is 5.75 Å². The van der Waals surface area contributed by atoms with Crippen LogP contribution >= 0.6 is 34.4 Å². The average Bonchev–Trinajstić information content (AvgIpc) is 2.89. The molecule has 2 N–H and O–H groups in total. The van der Waals surface area contributed by atoms with Gasteiger partial charge in [-0.05, 0) is 59.9 Å². The van der Waals surface area contributed by atoms with Crippen LogP contribution in [0, 0.1) is 3.57 Å². The molecule has 0 radical (unpaired) electrons. The lowest BCUT2D eigenvalue weighted by atomic mass is 10.1. The highest BCUT2D eigenvalue weighted by atomic mass is 127. The van der Waals surface area contributed by atoms with Crippen LogP contribution in [0.4, 0.5) is 0 Å². The summed E-state index contributed by atoms with van der Waals surface area (Å²) >= 11 is 3.90. The van der Waals surface area contributed by atoms with E-state index in [0.29, 0.717) is 12.1 Å². The Balaban J connectivity index is 1.99. The summed E-state index contributed by atoms with van der Waals surface area (Å²) in [6.07, 6.45) is 6.97. The second kappa shape index (κ2) is 6.35. The second-order valence-electron chi connectivity index (χ2n) is 4.94. The fraction of sp³-hybridized carbons (Fsp3) is 0.500. The molecule has 1 aliphatic carbocycles. The zero-order valence-electron chi connectivity index (χ0n) is 10.9. The van der Waals surface area contributed by atoms with Crippen LogP contribution in [0.2, 0.25) is 0 Å². The van der Waals surface area contributed by atoms with Crippen molar-refractivity contribution in [2.24, 2.45) is 0 Å². The molecule has 1 aromatic carbocycles. The maximum atomic E-state index is 12.1. The molecule has 19 heavy (non-hydrogen) atoms. The molecule has 1 aliphatic rings. The first-order chi connectivity index (χ1) is 9.06. The van der Waals surface area contributed by atoms with Crippen molar-refractivity contribution in [3.8, 4) is 5.75 Å². The van der Waals surface area contributed by atoms with Crippen LogP contribution in [-0.4, -0.2) is 28.6 Å². The Morgan fingerprint density at radius 1 is 1.47 bits per heavy atom. The molecule has 0 aromatic heterocycles. The molecular weight excluding hydrogens is 373 g/mol. The largest absolute Gasteiger partial charge is 0.507 e. The van der Waals surface area contributed by atoms with E-state index in [4.69, 9.17) is 0 Å². The van der Waals surface area contributed by atoms with Crippen LogP contribution in [0.25, 0.3) is 0 Å². The van der Waals surface area contributed by atoms with Gasteiger partial charge >= 0.3 is 0 Å². The molecule has 1 aromatic rings. The van der Waals surface area contributed by atoms with Gasteiger partial charge in [0, 0.05) is 16.9 Å². The molecule has 0 spiro atoms. The third-order valence-corrected chi connectivity index (χ3v) is 6.06. The summed E-state index contributed by atoms with van der Waals surface area (Å²) in [5.41, 5.74) is 0.521. The van der Waals surface area contributed by atoms with Crippen LogP contribution in [0.1, 0.15) is 36.0 Å². The Labute approximate surface area is 131 Å². The standard InChI is InChI=1S/C14H18INO2S/c1-19-14(6-2-3-7-14)9-16-13(18)10-4-5-11(15)12(17)8-10/h4-5,8,17H,2-3,6-7,9H2,1H3,(H,16,18). The van der Waals surface area contributed by atoms with E-state index in [1.165, 1.54) is 31.7 Å². The highest BCUT2D eigenvalue weighted by Crippen LogP contribution is 2.39. The van der Waals surface area contributed by atoms with Gasteiger partial charge in [-0.2, -0.15) is 11.8 Å². The van der Waals surface area contributed by atoms with E-state index < -0.39 is 0 Å². The third-order valence-electron chi connectivity index (χ3n) is 3.73. The number of rotatable bonds is 4. The fourth-order valence-corrected chi connectivity index (χ4v) is 3.72. The summed E-state index contributed by atoms with van der Waals surface area (Å²) in [5, 5.41) is 12.6. The van der Waals surface area contributed by atoms with Gasteiger partial charge in [0.25, 0.3) is 5.91 Å². The number of aromatic hydroxyl groups is 1. The Hall–Kier alpha value is -0.430. The summed E-state index contributed by atoms with van der Waals surface area (Å²) in [5.74, 6) is 0.0562. The van der Waals surface area contributed by atoms with Crippen molar-refractivity contribution in [1.29, 1.82) is 0 Å². The van der Waals surface area contributed by atoms with Crippen molar-refractivity contribution in [3.63, 3.8) is 0 Å². The molecule has 0 aliphatic heterocycles. The number of carbonyl (C=O) groups excluding carboxylic acids is 1. The van der Waals surface area contributed by atoms with Gasteiger partial charge in [0.1, 0.15) is 5.75 Å². The topological polar surface area (TPSA) is 49.3 Å². The molecule has 0 unspecified atom stereocenters. The Morgan fingerprint density at radius 2 is 2.16 bits per heavy atom. The number of thioether (sulfide) groups is 1. The lowest BCUT2D eigenvalue weighted by Gasteiger charge is -2.26. The van der Waals surface area contributed by atoms with Gasteiger partial charge in [-0.1, -0.05) is 12.8 Å². The van der Waals surface area contributed by atoms with Gasteiger partial charge in [-0.15, -0.1) is 0 Å². The predicted molar refractivity (Wildman–Crippen MR) is 87.9 cm³/mol. The second-order valence-corrected chi connectivity index (χ2v) is 7.38. The number of halogens is 1. The number of phenols is 1. The molecule has 5 heteroatoms. The molecule has 1 saturated carbocycles. The van der Waals surface area contributed by atoms with Crippen molar-refractivity contribution in [2.75, 3.05) is 12.8 Å². The smallest absolute Gasteiger partial charge is 0.251 e. The predicted octanol–water partition coefficient (Wildman–Crippen LogP) is 3.40. The molecule has 104 valence electrons. The molecule has 0 heterocycles. The fourth-order valence-electron chi connectivity index (χ4n) is 2.47. The lowest BCUT2D eigenvalue weighted by molar-refractivity contribution is 0.0949. The molecule has 2 rings (SSSR count). The molecule has 0 bridgehead atoms. The number of amides is 1. The van der Waals surface area contributed by atoms with Crippen molar-refractivity contribution >= 4 is 40.3 Å². The first-order valence-electron chi connectivity index (χ1n) is 6.38. The Morgan fingerprint density at radius 3 is 2.74 bits per heavy atom. The van der Waals surface area contributed by atoms with E-state index in [1.807, 2.05) is 34.4 Å². The van der Waals surface area contributed by atoms with Gasteiger partial charge < -0.3 is 10.4 Å². The van der Waals surface area contributed by atoms with Crippen LogP contribution < -0.4 is 5.32 Å². The third kappa shape index (κ3) is 3.56. The van der Waals surface area contributed by atoms with Gasteiger partial charge in [0.15, 0.2) is 0 Å². The van der Waals surface area contributed by atoms with Crippen molar-refractivity contribution in [2.45, 2.75) is 30.4 Å². The van der Waals surface area contributed by atoms with E-state index in [-0.39, 0.29) is 16.4 Å². The van der Waals surface area contributed by atoms with Crippen molar-refractivity contribution < 1.29 is 9.90 Å². The average molecular weight is 391 g/mol. The minimum atomic E-state index is -0.105. The van der Waals surface area contributed by atoms with E-state index in [0.717, 1.165) is 3.57 Å². The normalized spacial score (nSPS) is 17.4. The monoisotopic (exact) mass is 391 g/mol. The molecule has 1 amide bonds. The number of hydrogen-bond acceptors (Lipinski definition) is 3.